The fourth-order valence-electron chi connectivity index (χ4n) is 2.20. The molecule has 1 aliphatic rings. The zero-order chi connectivity index (χ0) is 12.5. The van der Waals surface area contributed by atoms with Crippen LogP contribution in [0.1, 0.15) is 45.2 Å². The number of ether oxygens (including phenoxy) is 1. The Morgan fingerprint density at radius 3 is 2.24 bits per heavy atom. The number of hydrogen-bond acceptors (Lipinski definition) is 2. The summed E-state index contributed by atoms with van der Waals surface area (Å²) in [5.41, 5.74) is 1.85. The van der Waals surface area contributed by atoms with Crippen molar-refractivity contribution in [3.8, 4) is 5.75 Å². The normalized spacial score (nSPS) is 20.7. The van der Waals surface area contributed by atoms with Gasteiger partial charge in [0.25, 0.3) is 0 Å². The van der Waals surface area contributed by atoms with Gasteiger partial charge in [0.1, 0.15) is 5.75 Å². The first-order valence-electron chi connectivity index (χ1n) is 6.45. The van der Waals surface area contributed by atoms with Gasteiger partial charge in [-0.15, -0.1) is 0 Å². The highest BCUT2D eigenvalue weighted by Crippen LogP contribution is 2.48. The Kier molecular flexibility index (Phi) is 3.43. The van der Waals surface area contributed by atoms with Crippen molar-refractivity contribution in [2.45, 2.75) is 45.7 Å². The molecule has 2 atom stereocenters. The van der Waals surface area contributed by atoms with Crippen LogP contribution in [0.3, 0.4) is 0 Å². The first-order valence-corrected chi connectivity index (χ1v) is 6.45. The molecule has 94 valence electrons. The number of rotatable bonds is 5. The van der Waals surface area contributed by atoms with Gasteiger partial charge in [-0.2, -0.15) is 0 Å². The van der Waals surface area contributed by atoms with E-state index in [4.69, 9.17) is 4.74 Å². The zero-order valence-electron chi connectivity index (χ0n) is 11.3. The van der Waals surface area contributed by atoms with Crippen LogP contribution in [0, 0.1) is 5.41 Å². The van der Waals surface area contributed by atoms with Crippen LogP contribution in [0.15, 0.2) is 24.3 Å². The molecule has 0 bridgehead atoms. The molecule has 1 aliphatic carbocycles. The Morgan fingerprint density at radius 1 is 1.18 bits per heavy atom. The van der Waals surface area contributed by atoms with Crippen molar-refractivity contribution in [2.75, 3.05) is 7.11 Å². The molecular formula is C15H23NO. The lowest BCUT2D eigenvalue weighted by molar-refractivity contribution is 0.350. The van der Waals surface area contributed by atoms with Crippen LogP contribution < -0.4 is 10.1 Å². The Labute approximate surface area is 104 Å². The fraction of sp³-hybridized carbons (Fsp3) is 0.600. The Morgan fingerprint density at radius 2 is 1.76 bits per heavy atom. The van der Waals surface area contributed by atoms with E-state index in [9.17, 15) is 0 Å². The Hall–Kier alpha value is -1.02. The molecule has 0 spiro atoms. The van der Waals surface area contributed by atoms with Crippen molar-refractivity contribution in [1.82, 2.24) is 5.32 Å². The maximum atomic E-state index is 5.17. The molecule has 0 heterocycles. The van der Waals surface area contributed by atoms with Crippen molar-refractivity contribution >= 4 is 0 Å². The number of nitrogens with one attached hydrogen (secondary N) is 1. The molecule has 2 nitrogen and oxygen atoms in total. The molecule has 1 fully saturated rings. The monoisotopic (exact) mass is 233 g/mol. The third-order valence-electron chi connectivity index (χ3n) is 4.20. The van der Waals surface area contributed by atoms with Gasteiger partial charge in [-0.25, -0.2) is 0 Å². The number of hydrogen-bond donors (Lipinski definition) is 1. The largest absolute Gasteiger partial charge is 0.497 e. The molecule has 0 radical (unpaired) electrons. The van der Waals surface area contributed by atoms with Crippen LogP contribution in [-0.2, 0) is 0 Å². The van der Waals surface area contributed by atoms with E-state index in [1.165, 1.54) is 18.4 Å². The average Bonchev–Trinajstić information content (AvgIpc) is 3.09. The summed E-state index contributed by atoms with van der Waals surface area (Å²) in [4.78, 5) is 0. The first-order chi connectivity index (χ1) is 8.05. The lowest BCUT2D eigenvalue weighted by Gasteiger charge is -2.25. The van der Waals surface area contributed by atoms with Crippen LogP contribution in [0.2, 0.25) is 0 Å². The molecule has 0 aromatic heterocycles. The predicted octanol–water partition coefficient (Wildman–Crippen LogP) is 3.53. The van der Waals surface area contributed by atoms with Gasteiger partial charge in [0.05, 0.1) is 7.11 Å². The van der Waals surface area contributed by atoms with Crippen LogP contribution in [-0.4, -0.2) is 13.2 Å². The molecule has 1 aromatic carbocycles. The lowest BCUT2D eigenvalue weighted by atomic mass is 9.98. The Bertz CT molecular complexity index is 367. The second-order valence-corrected chi connectivity index (χ2v) is 5.54. The summed E-state index contributed by atoms with van der Waals surface area (Å²) in [6.07, 6.45) is 2.72. The molecule has 17 heavy (non-hydrogen) atoms. The van der Waals surface area contributed by atoms with E-state index in [2.05, 4.69) is 38.2 Å². The highest BCUT2D eigenvalue weighted by Gasteiger charge is 2.42. The van der Waals surface area contributed by atoms with Gasteiger partial charge in [-0.3, -0.25) is 0 Å². The van der Waals surface area contributed by atoms with Gasteiger partial charge in [0.2, 0.25) is 0 Å². The van der Waals surface area contributed by atoms with Crippen molar-refractivity contribution in [2.24, 2.45) is 5.41 Å². The third kappa shape index (κ3) is 2.81. The SMILES string of the molecule is COc1ccc(C(C)NC(C)C2(C)CC2)cc1. The molecule has 2 rings (SSSR count). The van der Waals surface area contributed by atoms with E-state index in [0.717, 1.165) is 5.75 Å². The molecular weight excluding hydrogens is 210 g/mol. The van der Waals surface area contributed by atoms with E-state index in [0.29, 0.717) is 17.5 Å². The van der Waals surface area contributed by atoms with Crippen molar-refractivity contribution in [3.05, 3.63) is 29.8 Å². The smallest absolute Gasteiger partial charge is 0.118 e. The zero-order valence-corrected chi connectivity index (χ0v) is 11.3. The van der Waals surface area contributed by atoms with Crippen LogP contribution in [0.25, 0.3) is 0 Å². The van der Waals surface area contributed by atoms with E-state index in [1.807, 2.05) is 12.1 Å². The Balaban J connectivity index is 1.96. The fourth-order valence-corrected chi connectivity index (χ4v) is 2.20. The molecule has 1 aromatic rings. The first kappa shape index (κ1) is 12.4. The van der Waals surface area contributed by atoms with Crippen LogP contribution >= 0.6 is 0 Å². The van der Waals surface area contributed by atoms with Crippen molar-refractivity contribution in [3.63, 3.8) is 0 Å². The van der Waals surface area contributed by atoms with E-state index in [-0.39, 0.29) is 0 Å². The number of methoxy groups -OCH3 is 1. The summed E-state index contributed by atoms with van der Waals surface area (Å²) in [7, 11) is 1.70. The molecule has 0 saturated heterocycles. The summed E-state index contributed by atoms with van der Waals surface area (Å²) in [6, 6.07) is 9.30. The average molecular weight is 233 g/mol. The summed E-state index contributed by atoms with van der Waals surface area (Å²) < 4.78 is 5.17. The minimum atomic E-state index is 0.397. The maximum Gasteiger partial charge on any atom is 0.118 e. The van der Waals surface area contributed by atoms with Crippen molar-refractivity contribution < 1.29 is 4.74 Å². The van der Waals surface area contributed by atoms with Crippen LogP contribution in [0.4, 0.5) is 0 Å². The van der Waals surface area contributed by atoms with Gasteiger partial charge in [0, 0.05) is 12.1 Å². The standard InChI is InChI=1S/C15H23NO/c1-11(16-12(2)15(3)9-10-15)13-5-7-14(17-4)8-6-13/h5-8,11-12,16H,9-10H2,1-4H3. The maximum absolute atomic E-state index is 5.17. The van der Waals surface area contributed by atoms with E-state index < -0.39 is 0 Å². The summed E-state index contributed by atoms with van der Waals surface area (Å²) >= 11 is 0. The molecule has 0 amide bonds. The summed E-state index contributed by atoms with van der Waals surface area (Å²) in [5.74, 6) is 0.920. The van der Waals surface area contributed by atoms with E-state index >= 15 is 0 Å². The van der Waals surface area contributed by atoms with Gasteiger partial charge in [-0.1, -0.05) is 19.1 Å². The van der Waals surface area contributed by atoms with Gasteiger partial charge in [0.15, 0.2) is 0 Å². The second-order valence-electron chi connectivity index (χ2n) is 5.54. The number of benzene rings is 1. The minimum absolute atomic E-state index is 0.397. The quantitative estimate of drug-likeness (QED) is 0.840. The molecule has 1 N–H and O–H groups in total. The highest BCUT2D eigenvalue weighted by molar-refractivity contribution is 5.28. The molecule has 1 saturated carbocycles. The molecule has 2 unspecified atom stereocenters. The van der Waals surface area contributed by atoms with Crippen LogP contribution in [0.5, 0.6) is 5.75 Å². The third-order valence-corrected chi connectivity index (χ3v) is 4.20. The van der Waals surface area contributed by atoms with Gasteiger partial charge >= 0.3 is 0 Å². The van der Waals surface area contributed by atoms with E-state index in [1.54, 1.807) is 7.11 Å². The molecule has 0 aliphatic heterocycles. The second kappa shape index (κ2) is 4.69. The van der Waals surface area contributed by atoms with Gasteiger partial charge in [-0.05, 0) is 49.8 Å². The topological polar surface area (TPSA) is 21.3 Å². The summed E-state index contributed by atoms with van der Waals surface area (Å²) in [5, 5.41) is 3.70. The highest BCUT2D eigenvalue weighted by atomic mass is 16.5. The lowest BCUT2D eigenvalue weighted by Crippen LogP contribution is -2.35. The van der Waals surface area contributed by atoms with Crippen molar-refractivity contribution in [1.29, 1.82) is 0 Å². The predicted molar refractivity (Wildman–Crippen MR) is 71.3 cm³/mol. The van der Waals surface area contributed by atoms with Gasteiger partial charge < -0.3 is 10.1 Å². The molecule has 2 heteroatoms. The summed E-state index contributed by atoms with van der Waals surface area (Å²) in [6.45, 7) is 6.89. The minimum Gasteiger partial charge on any atom is -0.497 e.